The number of nitrogens with one attached hydrogen (secondary N) is 1. The summed E-state index contributed by atoms with van der Waals surface area (Å²) in [6, 6.07) is 10.1. The van der Waals surface area contributed by atoms with Crippen molar-refractivity contribution in [1.29, 1.82) is 0 Å². The Labute approximate surface area is 140 Å². The van der Waals surface area contributed by atoms with Crippen molar-refractivity contribution < 1.29 is 13.6 Å². The fourth-order valence-corrected chi connectivity index (χ4v) is 3.13. The molecule has 0 saturated heterocycles. The molecule has 126 valence electrons. The van der Waals surface area contributed by atoms with Crippen molar-refractivity contribution >= 4 is 11.6 Å². The van der Waals surface area contributed by atoms with Gasteiger partial charge in [-0.2, -0.15) is 0 Å². The molecule has 0 fully saturated rings. The van der Waals surface area contributed by atoms with Crippen LogP contribution in [-0.2, 0) is 17.8 Å². The minimum absolute atomic E-state index is 0.0709. The summed E-state index contributed by atoms with van der Waals surface area (Å²) in [5, 5.41) is 2.87. The number of anilines is 1. The molecule has 1 N–H and O–H groups in total. The summed E-state index contributed by atoms with van der Waals surface area (Å²) in [7, 11) is 0. The SMILES string of the molecule is Cc1ccccc1CNC(=O)CN1CCCc2cc(F)cc(F)c21. The first-order valence-corrected chi connectivity index (χ1v) is 8.08. The number of fused-ring (bicyclic) bond motifs is 1. The molecule has 1 amide bonds. The van der Waals surface area contributed by atoms with Gasteiger partial charge in [0.2, 0.25) is 5.91 Å². The van der Waals surface area contributed by atoms with Gasteiger partial charge in [-0.25, -0.2) is 8.78 Å². The molecule has 0 bridgehead atoms. The van der Waals surface area contributed by atoms with E-state index in [-0.39, 0.29) is 12.5 Å². The van der Waals surface area contributed by atoms with Gasteiger partial charge in [-0.1, -0.05) is 24.3 Å². The maximum Gasteiger partial charge on any atom is 0.239 e. The molecule has 0 radical (unpaired) electrons. The van der Waals surface area contributed by atoms with Crippen molar-refractivity contribution in [1.82, 2.24) is 5.32 Å². The fraction of sp³-hybridized carbons (Fsp3) is 0.316. The van der Waals surface area contributed by atoms with E-state index in [1.54, 1.807) is 4.90 Å². The maximum atomic E-state index is 14.1. The van der Waals surface area contributed by atoms with E-state index in [9.17, 15) is 13.6 Å². The molecule has 5 heteroatoms. The number of halogens is 2. The second-order valence-electron chi connectivity index (χ2n) is 6.12. The number of aryl methyl sites for hydroxylation is 2. The Hall–Kier alpha value is -2.43. The summed E-state index contributed by atoms with van der Waals surface area (Å²) < 4.78 is 27.5. The highest BCUT2D eigenvalue weighted by atomic mass is 19.1. The van der Waals surface area contributed by atoms with Crippen molar-refractivity contribution in [2.24, 2.45) is 0 Å². The summed E-state index contributed by atoms with van der Waals surface area (Å²) in [6.07, 6.45) is 1.41. The number of amides is 1. The molecule has 2 aromatic carbocycles. The van der Waals surface area contributed by atoms with Crippen molar-refractivity contribution in [3.05, 3.63) is 64.7 Å². The molecule has 0 unspecified atom stereocenters. The molecule has 0 atom stereocenters. The largest absolute Gasteiger partial charge is 0.360 e. The van der Waals surface area contributed by atoms with Crippen LogP contribution < -0.4 is 10.2 Å². The summed E-state index contributed by atoms with van der Waals surface area (Å²) in [4.78, 5) is 13.9. The molecular formula is C19H20F2N2O. The van der Waals surface area contributed by atoms with Gasteiger partial charge in [0.15, 0.2) is 0 Å². The van der Waals surface area contributed by atoms with E-state index >= 15 is 0 Å². The zero-order valence-electron chi connectivity index (χ0n) is 13.6. The van der Waals surface area contributed by atoms with Gasteiger partial charge in [0, 0.05) is 19.2 Å². The topological polar surface area (TPSA) is 32.3 Å². The maximum absolute atomic E-state index is 14.1. The standard InChI is InChI=1S/C19H20F2N2O/c1-13-5-2-3-6-15(13)11-22-18(24)12-23-8-4-7-14-9-16(20)10-17(21)19(14)23/h2-3,5-6,9-10H,4,7-8,11-12H2,1H3,(H,22,24). The molecule has 3 nitrogen and oxygen atoms in total. The summed E-state index contributed by atoms with van der Waals surface area (Å²) in [6.45, 7) is 3.10. The van der Waals surface area contributed by atoms with Crippen LogP contribution in [0.5, 0.6) is 0 Å². The van der Waals surface area contributed by atoms with Gasteiger partial charge < -0.3 is 10.2 Å². The lowest BCUT2D eigenvalue weighted by atomic mass is 10.0. The number of benzene rings is 2. The molecular weight excluding hydrogens is 310 g/mol. The van der Waals surface area contributed by atoms with E-state index in [4.69, 9.17) is 0 Å². The lowest BCUT2D eigenvalue weighted by Crippen LogP contribution is -2.40. The molecule has 0 aromatic heterocycles. The molecule has 0 aliphatic carbocycles. The number of hydrogen-bond donors (Lipinski definition) is 1. The second-order valence-corrected chi connectivity index (χ2v) is 6.12. The van der Waals surface area contributed by atoms with Crippen LogP contribution in [0.4, 0.5) is 14.5 Å². The normalized spacial score (nSPS) is 13.5. The van der Waals surface area contributed by atoms with E-state index in [0.717, 1.165) is 23.6 Å². The zero-order chi connectivity index (χ0) is 17.1. The van der Waals surface area contributed by atoms with Gasteiger partial charge in [-0.3, -0.25) is 4.79 Å². The Bertz CT molecular complexity index is 761. The Morgan fingerprint density at radius 3 is 2.83 bits per heavy atom. The Kier molecular flexibility index (Phi) is 4.79. The molecule has 2 aromatic rings. The first kappa shape index (κ1) is 16.4. The molecule has 0 saturated carbocycles. The van der Waals surface area contributed by atoms with Crippen LogP contribution in [-0.4, -0.2) is 19.0 Å². The number of hydrogen-bond acceptors (Lipinski definition) is 2. The van der Waals surface area contributed by atoms with Crippen molar-refractivity contribution in [3.63, 3.8) is 0 Å². The number of carbonyl (C=O) groups excluding carboxylic acids is 1. The monoisotopic (exact) mass is 330 g/mol. The van der Waals surface area contributed by atoms with E-state index in [2.05, 4.69) is 5.32 Å². The highest BCUT2D eigenvalue weighted by molar-refractivity contribution is 5.82. The molecule has 1 aliphatic rings. The highest BCUT2D eigenvalue weighted by Gasteiger charge is 2.23. The molecule has 0 spiro atoms. The van der Waals surface area contributed by atoms with Crippen LogP contribution >= 0.6 is 0 Å². The third-order valence-electron chi connectivity index (χ3n) is 4.37. The minimum Gasteiger partial charge on any atom is -0.360 e. The van der Waals surface area contributed by atoms with Gasteiger partial charge in [-0.15, -0.1) is 0 Å². The first-order valence-electron chi connectivity index (χ1n) is 8.08. The van der Waals surface area contributed by atoms with E-state index in [0.29, 0.717) is 30.8 Å². The Morgan fingerprint density at radius 1 is 1.25 bits per heavy atom. The van der Waals surface area contributed by atoms with Gasteiger partial charge in [0.1, 0.15) is 11.6 Å². The third kappa shape index (κ3) is 3.55. The average molecular weight is 330 g/mol. The van der Waals surface area contributed by atoms with E-state index in [1.807, 2.05) is 31.2 Å². The van der Waals surface area contributed by atoms with Crippen LogP contribution in [0.15, 0.2) is 36.4 Å². The number of rotatable bonds is 4. The molecule has 1 aliphatic heterocycles. The lowest BCUT2D eigenvalue weighted by Gasteiger charge is -2.31. The zero-order valence-corrected chi connectivity index (χ0v) is 13.6. The number of carbonyl (C=O) groups is 1. The smallest absolute Gasteiger partial charge is 0.239 e. The minimum atomic E-state index is -0.601. The van der Waals surface area contributed by atoms with Gasteiger partial charge in [0.25, 0.3) is 0 Å². The summed E-state index contributed by atoms with van der Waals surface area (Å²) >= 11 is 0. The van der Waals surface area contributed by atoms with Crippen molar-refractivity contribution in [2.45, 2.75) is 26.3 Å². The Balaban J connectivity index is 1.67. The average Bonchev–Trinajstić information content (AvgIpc) is 2.53. The number of nitrogens with zero attached hydrogens (tertiary/aromatic N) is 1. The summed E-state index contributed by atoms with van der Waals surface area (Å²) in [5.41, 5.74) is 3.15. The third-order valence-corrected chi connectivity index (χ3v) is 4.37. The Morgan fingerprint density at radius 2 is 2.04 bits per heavy atom. The van der Waals surface area contributed by atoms with Crippen LogP contribution in [0, 0.1) is 18.6 Å². The predicted octanol–water partition coefficient (Wildman–Crippen LogP) is 3.34. The van der Waals surface area contributed by atoms with Crippen LogP contribution in [0.2, 0.25) is 0 Å². The second kappa shape index (κ2) is 6.99. The molecule has 3 rings (SSSR count). The fourth-order valence-electron chi connectivity index (χ4n) is 3.13. The van der Waals surface area contributed by atoms with Crippen molar-refractivity contribution in [3.8, 4) is 0 Å². The molecule has 24 heavy (non-hydrogen) atoms. The predicted molar refractivity (Wildman–Crippen MR) is 89.9 cm³/mol. The van der Waals surface area contributed by atoms with Crippen LogP contribution in [0.3, 0.4) is 0 Å². The summed E-state index contributed by atoms with van der Waals surface area (Å²) in [5.74, 6) is -1.34. The van der Waals surface area contributed by atoms with Crippen LogP contribution in [0.25, 0.3) is 0 Å². The van der Waals surface area contributed by atoms with E-state index < -0.39 is 11.6 Å². The van der Waals surface area contributed by atoms with E-state index in [1.165, 1.54) is 6.07 Å². The lowest BCUT2D eigenvalue weighted by molar-refractivity contribution is -0.119. The van der Waals surface area contributed by atoms with Crippen molar-refractivity contribution in [2.75, 3.05) is 18.0 Å². The quantitative estimate of drug-likeness (QED) is 0.932. The van der Waals surface area contributed by atoms with Gasteiger partial charge in [0.05, 0.1) is 12.2 Å². The molecule has 1 heterocycles. The first-order chi connectivity index (χ1) is 11.5. The van der Waals surface area contributed by atoms with Gasteiger partial charge >= 0.3 is 0 Å². The van der Waals surface area contributed by atoms with Gasteiger partial charge in [-0.05, 0) is 42.5 Å². The highest BCUT2D eigenvalue weighted by Crippen LogP contribution is 2.30. The van der Waals surface area contributed by atoms with Crippen LogP contribution in [0.1, 0.15) is 23.1 Å².